The number of nitrogens with one attached hydrogen (secondary N) is 2. The van der Waals surface area contributed by atoms with Crippen molar-refractivity contribution in [3.63, 3.8) is 0 Å². The van der Waals surface area contributed by atoms with Gasteiger partial charge in [0.05, 0.1) is 28.4 Å². The molecule has 4 heterocycles. The molecule has 0 aliphatic carbocycles. The van der Waals surface area contributed by atoms with E-state index in [9.17, 15) is 23.1 Å². The molecule has 0 fully saturated rings. The lowest BCUT2D eigenvalue weighted by Crippen LogP contribution is -2.07. The highest BCUT2D eigenvalue weighted by Gasteiger charge is 2.34. The first-order valence-electron chi connectivity index (χ1n) is 9.11. The number of rotatable bonds is 4. The third-order valence-corrected chi connectivity index (χ3v) is 5.39. The highest BCUT2D eigenvalue weighted by atomic mass is 32.1. The molecule has 0 saturated carbocycles. The minimum absolute atomic E-state index is 0.127. The number of carbonyl (C=O) groups is 1. The quantitative estimate of drug-likeness (QED) is 0.418. The Labute approximate surface area is 178 Å². The van der Waals surface area contributed by atoms with Gasteiger partial charge in [-0.1, -0.05) is 0 Å². The van der Waals surface area contributed by atoms with Crippen molar-refractivity contribution in [3.05, 3.63) is 47.2 Å². The third kappa shape index (κ3) is 4.01. The summed E-state index contributed by atoms with van der Waals surface area (Å²) in [5, 5.41) is 13.8. The first kappa shape index (κ1) is 20.9. The maximum atomic E-state index is 13.2. The predicted octanol–water partition coefficient (Wildman–Crippen LogP) is 4.78. The minimum Gasteiger partial charge on any atom is -0.389 e. The molecule has 4 rings (SSSR count). The number of pyridine rings is 2. The molecule has 1 amide bonds. The average Bonchev–Trinajstić information content (AvgIpc) is 3.31. The third-order valence-electron chi connectivity index (χ3n) is 4.53. The molecule has 0 radical (unpaired) electrons. The first-order valence-corrected chi connectivity index (χ1v) is 9.99. The fourth-order valence-corrected chi connectivity index (χ4v) is 4.11. The lowest BCUT2D eigenvalue weighted by atomic mass is 10.1. The number of amides is 1. The predicted molar refractivity (Wildman–Crippen MR) is 110 cm³/mol. The van der Waals surface area contributed by atoms with Gasteiger partial charge in [0.15, 0.2) is 5.69 Å². The monoisotopic (exact) mass is 447 g/mol. The van der Waals surface area contributed by atoms with E-state index in [4.69, 9.17) is 0 Å². The van der Waals surface area contributed by atoms with Gasteiger partial charge in [0.2, 0.25) is 5.91 Å². The van der Waals surface area contributed by atoms with Crippen LogP contribution in [0.1, 0.15) is 31.2 Å². The molecule has 0 spiro atoms. The van der Waals surface area contributed by atoms with Crippen LogP contribution in [0.5, 0.6) is 0 Å². The van der Waals surface area contributed by atoms with Gasteiger partial charge in [0.1, 0.15) is 10.8 Å². The molecule has 31 heavy (non-hydrogen) atoms. The Morgan fingerprint density at radius 2 is 2.00 bits per heavy atom. The van der Waals surface area contributed by atoms with E-state index in [1.165, 1.54) is 19.3 Å². The Morgan fingerprint density at radius 3 is 2.65 bits per heavy atom. The van der Waals surface area contributed by atoms with Crippen LogP contribution in [0.3, 0.4) is 0 Å². The number of nitrogens with zero attached hydrogens (tertiary/aromatic N) is 3. The number of alkyl halides is 3. The van der Waals surface area contributed by atoms with E-state index >= 15 is 0 Å². The lowest BCUT2D eigenvalue weighted by Gasteiger charge is -2.06. The number of H-pyrrole nitrogens is 1. The summed E-state index contributed by atoms with van der Waals surface area (Å²) in [6.45, 7) is 2.93. The van der Waals surface area contributed by atoms with Crippen LogP contribution in [0.25, 0.3) is 32.9 Å². The smallest absolute Gasteiger partial charge is 0.389 e. The number of halogens is 3. The van der Waals surface area contributed by atoms with E-state index in [-0.39, 0.29) is 16.7 Å². The number of carbonyl (C=O) groups excluding carboxylic acids is 1. The van der Waals surface area contributed by atoms with Crippen molar-refractivity contribution in [2.24, 2.45) is 0 Å². The van der Waals surface area contributed by atoms with Gasteiger partial charge in [0, 0.05) is 35.8 Å². The first-order chi connectivity index (χ1) is 14.6. The van der Waals surface area contributed by atoms with Gasteiger partial charge in [0.25, 0.3) is 0 Å². The van der Waals surface area contributed by atoms with Crippen LogP contribution in [0.4, 0.5) is 19.0 Å². The summed E-state index contributed by atoms with van der Waals surface area (Å²) in [7, 11) is 0. The molecule has 7 nitrogen and oxygen atoms in total. The fourth-order valence-electron chi connectivity index (χ4n) is 3.23. The summed E-state index contributed by atoms with van der Waals surface area (Å²) in [5.41, 5.74) is 1.81. The Balaban J connectivity index is 1.99. The van der Waals surface area contributed by atoms with Crippen LogP contribution in [-0.2, 0) is 11.0 Å². The van der Waals surface area contributed by atoms with Gasteiger partial charge in [-0.25, -0.2) is 9.97 Å². The summed E-state index contributed by atoms with van der Waals surface area (Å²) in [5.74, 6) is -0.0252. The number of hydrogen-bond donors (Lipinski definition) is 3. The summed E-state index contributed by atoms with van der Waals surface area (Å²) < 4.78 is 39.5. The largest absolute Gasteiger partial charge is 0.434 e. The molecular formula is C20H16F3N5O2S. The zero-order valence-electron chi connectivity index (χ0n) is 16.3. The lowest BCUT2D eigenvalue weighted by molar-refractivity contribution is -0.140. The molecular weight excluding hydrogens is 431 g/mol. The van der Waals surface area contributed by atoms with E-state index < -0.39 is 18.0 Å². The number of fused-ring (bicyclic) bond motifs is 1. The fraction of sp³-hybridized carbons (Fsp3) is 0.200. The van der Waals surface area contributed by atoms with Gasteiger partial charge >= 0.3 is 6.18 Å². The average molecular weight is 447 g/mol. The Hall–Kier alpha value is -3.31. The van der Waals surface area contributed by atoms with Crippen molar-refractivity contribution in [3.8, 4) is 21.8 Å². The van der Waals surface area contributed by atoms with Crippen LogP contribution in [0.15, 0.2) is 36.0 Å². The number of thiazole rings is 1. The minimum atomic E-state index is -4.57. The normalized spacial score (nSPS) is 12.8. The highest BCUT2D eigenvalue weighted by Crippen LogP contribution is 2.42. The molecule has 0 aliphatic rings. The van der Waals surface area contributed by atoms with Gasteiger partial charge < -0.3 is 15.4 Å². The topological polar surface area (TPSA) is 104 Å². The molecule has 11 heteroatoms. The van der Waals surface area contributed by atoms with Crippen molar-refractivity contribution in [2.45, 2.75) is 26.1 Å². The van der Waals surface area contributed by atoms with Gasteiger partial charge in [-0.3, -0.25) is 9.78 Å². The molecule has 4 aromatic heterocycles. The molecule has 0 aliphatic heterocycles. The molecule has 0 saturated heterocycles. The summed E-state index contributed by atoms with van der Waals surface area (Å²) in [6, 6.07) is 4.88. The van der Waals surface area contributed by atoms with E-state index in [1.807, 2.05) is 0 Å². The standard InChI is InChI=1S/C20H16F3N5O2S/c1-9(29)12-4-6-25-18-15(19-27-13(8-31-19)20(21,22)23)16(28-17(12)18)11-3-5-24-14(7-11)26-10(2)30/h3-9,28-29H,1-2H3,(H,24,26,30). The summed E-state index contributed by atoms with van der Waals surface area (Å²) in [4.78, 5) is 26.8. The number of aromatic nitrogens is 4. The second kappa shape index (κ2) is 7.75. The van der Waals surface area contributed by atoms with Crippen molar-refractivity contribution in [1.29, 1.82) is 0 Å². The Kier molecular flexibility index (Phi) is 5.23. The van der Waals surface area contributed by atoms with Crippen molar-refractivity contribution in [2.75, 3.05) is 5.32 Å². The number of aromatic amines is 1. The zero-order valence-corrected chi connectivity index (χ0v) is 17.1. The van der Waals surface area contributed by atoms with Crippen molar-refractivity contribution >= 4 is 34.1 Å². The SMILES string of the molecule is CC(=O)Nc1cc(-c2[nH]c3c(C(C)O)ccnc3c2-c2nc(C(F)(F)F)cs2)ccn1. The molecule has 1 atom stereocenters. The zero-order chi connectivity index (χ0) is 22.3. The summed E-state index contributed by atoms with van der Waals surface area (Å²) in [6.07, 6.45) is -2.45. The van der Waals surface area contributed by atoms with Crippen LogP contribution in [0, 0.1) is 0 Å². The van der Waals surface area contributed by atoms with Crippen molar-refractivity contribution in [1.82, 2.24) is 19.9 Å². The maximum Gasteiger partial charge on any atom is 0.434 e. The number of hydrogen-bond acceptors (Lipinski definition) is 6. The number of aliphatic hydroxyl groups is 1. The number of anilines is 1. The van der Waals surface area contributed by atoms with Crippen LogP contribution in [-0.4, -0.2) is 30.9 Å². The van der Waals surface area contributed by atoms with E-state index in [1.54, 1.807) is 25.1 Å². The van der Waals surface area contributed by atoms with Gasteiger partial charge in [-0.15, -0.1) is 11.3 Å². The molecule has 0 bridgehead atoms. The molecule has 160 valence electrons. The van der Waals surface area contributed by atoms with E-state index in [2.05, 4.69) is 25.3 Å². The molecule has 3 N–H and O–H groups in total. The van der Waals surface area contributed by atoms with Crippen LogP contribution in [0.2, 0.25) is 0 Å². The maximum absolute atomic E-state index is 13.2. The van der Waals surface area contributed by atoms with Crippen molar-refractivity contribution < 1.29 is 23.1 Å². The van der Waals surface area contributed by atoms with Gasteiger partial charge in [-0.2, -0.15) is 13.2 Å². The van der Waals surface area contributed by atoms with Gasteiger partial charge in [-0.05, 0) is 25.1 Å². The Bertz CT molecular complexity index is 1280. The number of aliphatic hydroxyl groups excluding tert-OH is 1. The van der Waals surface area contributed by atoms with E-state index in [0.717, 1.165) is 16.7 Å². The van der Waals surface area contributed by atoms with Crippen LogP contribution >= 0.6 is 11.3 Å². The molecule has 0 aromatic carbocycles. The molecule has 1 unspecified atom stereocenters. The second-order valence-electron chi connectivity index (χ2n) is 6.82. The Morgan fingerprint density at radius 1 is 1.26 bits per heavy atom. The highest BCUT2D eigenvalue weighted by molar-refractivity contribution is 7.13. The summed E-state index contributed by atoms with van der Waals surface area (Å²) >= 11 is 0.848. The van der Waals surface area contributed by atoms with E-state index in [0.29, 0.717) is 33.4 Å². The van der Waals surface area contributed by atoms with Crippen LogP contribution < -0.4 is 5.32 Å². The molecule has 4 aromatic rings. The second-order valence-corrected chi connectivity index (χ2v) is 7.68.